The Morgan fingerprint density at radius 1 is 1.43 bits per heavy atom. The van der Waals surface area contributed by atoms with Crippen LogP contribution in [0, 0.1) is 0 Å². The van der Waals surface area contributed by atoms with Gasteiger partial charge in [-0.3, -0.25) is 0 Å². The highest BCUT2D eigenvalue weighted by Crippen LogP contribution is 2.23. The van der Waals surface area contributed by atoms with Crippen LogP contribution in [0.4, 0.5) is 11.8 Å². The van der Waals surface area contributed by atoms with Crippen LogP contribution in [0.25, 0.3) is 11.0 Å². The van der Waals surface area contributed by atoms with Crippen LogP contribution in [0.15, 0.2) is 23.8 Å². The van der Waals surface area contributed by atoms with E-state index in [1.165, 1.54) is 0 Å². The summed E-state index contributed by atoms with van der Waals surface area (Å²) in [6, 6.07) is 1.93. The topological polar surface area (TPSA) is 90.9 Å². The molecule has 0 radical (unpaired) electrons. The van der Waals surface area contributed by atoms with Crippen molar-refractivity contribution in [3.63, 3.8) is 0 Å². The van der Waals surface area contributed by atoms with E-state index >= 15 is 0 Å². The van der Waals surface area contributed by atoms with Crippen molar-refractivity contribution in [2.24, 2.45) is 0 Å². The Kier molecular flexibility index (Phi) is 3.98. The first-order valence-electron chi connectivity index (χ1n) is 6.51. The summed E-state index contributed by atoms with van der Waals surface area (Å²) in [6.45, 7) is 1.94. The number of nitrogens with zero attached hydrogens (tertiary/aromatic N) is 4. The molecule has 7 nitrogen and oxygen atoms in total. The summed E-state index contributed by atoms with van der Waals surface area (Å²) in [5.41, 5.74) is 7.51. The first-order valence-corrected chi connectivity index (χ1v) is 7.39. The lowest BCUT2D eigenvalue weighted by atomic mass is 10.4. The van der Waals surface area contributed by atoms with Gasteiger partial charge >= 0.3 is 0 Å². The summed E-state index contributed by atoms with van der Waals surface area (Å²) in [5.74, 6) is 0.977. The van der Waals surface area contributed by atoms with Gasteiger partial charge in [-0.25, -0.2) is 9.97 Å². The summed E-state index contributed by atoms with van der Waals surface area (Å²) in [5, 5.41) is 6.24. The van der Waals surface area contributed by atoms with Crippen molar-refractivity contribution in [1.82, 2.24) is 19.5 Å². The number of nitrogen functional groups attached to an aromatic ring is 1. The number of ether oxygens (including phenoxy) is 1. The van der Waals surface area contributed by atoms with Crippen LogP contribution in [0.3, 0.4) is 0 Å². The SMILES string of the molecule is COCCNc1nc(N)nc2ccn(Cc3nccs3)c12. The van der Waals surface area contributed by atoms with Gasteiger partial charge in [0.1, 0.15) is 10.5 Å². The maximum atomic E-state index is 5.76. The van der Waals surface area contributed by atoms with E-state index in [-0.39, 0.29) is 5.95 Å². The Morgan fingerprint density at radius 2 is 2.33 bits per heavy atom. The Morgan fingerprint density at radius 3 is 3.10 bits per heavy atom. The molecule has 3 N–H and O–H groups in total. The van der Waals surface area contributed by atoms with Crippen LogP contribution < -0.4 is 11.1 Å². The Labute approximate surface area is 125 Å². The Hall–Kier alpha value is -2.19. The predicted octanol–water partition coefficient (Wildman–Crippen LogP) is 1.58. The number of aromatic nitrogens is 4. The molecule has 0 aliphatic heterocycles. The monoisotopic (exact) mass is 304 g/mol. The van der Waals surface area contributed by atoms with Gasteiger partial charge in [0.05, 0.1) is 18.7 Å². The summed E-state index contributed by atoms with van der Waals surface area (Å²) in [6.07, 6.45) is 3.78. The van der Waals surface area contributed by atoms with Gasteiger partial charge in [0.15, 0.2) is 5.82 Å². The molecule has 0 atom stereocenters. The van der Waals surface area contributed by atoms with E-state index < -0.39 is 0 Å². The fraction of sp³-hybridized carbons (Fsp3) is 0.308. The van der Waals surface area contributed by atoms with Gasteiger partial charge in [-0.2, -0.15) is 4.98 Å². The number of anilines is 2. The third kappa shape index (κ3) is 2.96. The molecule has 0 aromatic carbocycles. The highest BCUT2D eigenvalue weighted by Gasteiger charge is 2.12. The molecule has 0 unspecified atom stereocenters. The molecule has 8 heteroatoms. The van der Waals surface area contributed by atoms with E-state index in [9.17, 15) is 0 Å². The van der Waals surface area contributed by atoms with Crippen LogP contribution in [-0.2, 0) is 11.3 Å². The molecule has 3 aromatic heterocycles. The molecule has 21 heavy (non-hydrogen) atoms. The molecule has 0 fully saturated rings. The summed E-state index contributed by atoms with van der Waals surface area (Å²) in [7, 11) is 1.66. The van der Waals surface area contributed by atoms with Crippen molar-refractivity contribution in [1.29, 1.82) is 0 Å². The smallest absolute Gasteiger partial charge is 0.222 e. The van der Waals surface area contributed by atoms with E-state index in [1.807, 2.05) is 17.6 Å². The van der Waals surface area contributed by atoms with Crippen molar-refractivity contribution in [2.45, 2.75) is 6.54 Å². The predicted molar refractivity (Wildman–Crippen MR) is 83.5 cm³/mol. The highest BCUT2D eigenvalue weighted by atomic mass is 32.1. The van der Waals surface area contributed by atoms with E-state index in [0.717, 1.165) is 21.9 Å². The van der Waals surface area contributed by atoms with Gasteiger partial charge < -0.3 is 20.4 Å². The van der Waals surface area contributed by atoms with Crippen LogP contribution in [0.5, 0.6) is 0 Å². The van der Waals surface area contributed by atoms with E-state index in [0.29, 0.717) is 19.7 Å². The maximum Gasteiger partial charge on any atom is 0.222 e. The summed E-state index contributed by atoms with van der Waals surface area (Å²) < 4.78 is 7.12. The van der Waals surface area contributed by atoms with Crippen molar-refractivity contribution < 1.29 is 4.74 Å². The van der Waals surface area contributed by atoms with Crippen LogP contribution in [0.1, 0.15) is 5.01 Å². The fourth-order valence-corrected chi connectivity index (χ4v) is 2.74. The minimum atomic E-state index is 0.259. The molecule has 0 spiro atoms. The number of nitrogens with two attached hydrogens (primary N) is 1. The lowest BCUT2D eigenvalue weighted by Gasteiger charge is -2.10. The van der Waals surface area contributed by atoms with Gasteiger partial charge in [0, 0.05) is 31.4 Å². The zero-order valence-electron chi connectivity index (χ0n) is 11.6. The normalized spacial score (nSPS) is 11.1. The number of hydrogen-bond acceptors (Lipinski definition) is 7. The molecule has 0 aliphatic rings. The third-order valence-electron chi connectivity index (χ3n) is 3.02. The van der Waals surface area contributed by atoms with Crippen molar-refractivity contribution >= 4 is 34.1 Å². The highest BCUT2D eigenvalue weighted by molar-refractivity contribution is 7.09. The van der Waals surface area contributed by atoms with Crippen molar-refractivity contribution in [3.05, 3.63) is 28.8 Å². The molecule has 110 valence electrons. The number of methoxy groups -OCH3 is 1. The molecule has 0 bridgehead atoms. The number of fused-ring (bicyclic) bond motifs is 1. The Balaban J connectivity index is 1.97. The van der Waals surface area contributed by atoms with Crippen molar-refractivity contribution in [3.8, 4) is 0 Å². The maximum absolute atomic E-state index is 5.76. The number of nitrogens with one attached hydrogen (secondary N) is 1. The van der Waals surface area contributed by atoms with Gasteiger partial charge in [-0.15, -0.1) is 11.3 Å². The summed E-state index contributed by atoms with van der Waals surface area (Å²) in [4.78, 5) is 12.9. The van der Waals surface area contributed by atoms with Gasteiger partial charge in [-0.1, -0.05) is 0 Å². The molecule has 3 heterocycles. The molecule has 0 aliphatic carbocycles. The molecule has 0 amide bonds. The number of hydrogen-bond donors (Lipinski definition) is 2. The average Bonchev–Trinajstić information content (AvgIpc) is 3.10. The fourth-order valence-electron chi connectivity index (χ4n) is 2.13. The van der Waals surface area contributed by atoms with Gasteiger partial charge in [0.25, 0.3) is 0 Å². The molecule has 3 rings (SSSR count). The molecule has 3 aromatic rings. The van der Waals surface area contributed by atoms with Gasteiger partial charge in [0.2, 0.25) is 5.95 Å². The van der Waals surface area contributed by atoms with Crippen molar-refractivity contribution in [2.75, 3.05) is 31.3 Å². The third-order valence-corrected chi connectivity index (χ3v) is 3.78. The zero-order valence-corrected chi connectivity index (χ0v) is 12.4. The average molecular weight is 304 g/mol. The standard InChI is InChI=1S/C13H16N6OS/c1-20-6-3-16-12-11-9(17-13(14)18-12)2-5-19(11)8-10-15-4-7-21-10/h2,4-5,7H,3,6,8H2,1H3,(H3,14,16,17,18). The molecular weight excluding hydrogens is 288 g/mol. The minimum Gasteiger partial charge on any atom is -0.383 e. The van der Waals surface area contributed by atoms with Crippen LogP contribution in [-0.4, -0.2) is 39.8 Å². The molecular formula is C13H16N6OS. The second-order valence-corrected chi connectivity index (χ2v) is 5.43. The summed E-state index contributed by atoms with van der Waals surface area (Å²) >= 11 is 1.62. The van der Waals surface area contributed by atoms with E-state index in [1.54, 1.807) is 24.6 Å². The van der Waals surface area contributed by atoms with E-state index in [4.69, 9.17) is 10.5 Å². The first kappa shape index (κ1) is 13.8. The Bertz CT molecular complexity index is 724. The number of rotatable bonds is 6. The van der Waals surface area contributed by atoms with Gasteiger partial charge in [-0.05, 0) is 6.07 Å². The lowest BCUT2D eigenvalue weighted by Crippen LogP contribution is -2.12. The van der Waals surface area contributed by atoms with E-state index in [2.05, 4.69) is 24.8 Å². The molecule has 0 saturated heterocycles. The molecule has 0 saturated carbocycles. The largest absolute Gasteiger partial charge is 0.383 e. The minimum absolute atomic E-state index is 0.259. The zero-order chi connectivity index (χ0) is 14.7. The quantitative estimate of drug-likeness (QED) is 0.672. The second kappa shape index (κ2) is 6.06. The second-order valence-electron chi connectivity index (χ2n) is 4.45. The van der Waals surface area contributed by atoms with Crippen LogP contribution >= 0.6 is 11.3 Å². The first-order chi connectivity index (χ1) is 10.3. The number of thiazole rings is 1. The lowest BCUT2D eigenvalue weighted by molar-refractivity contribution is 0.210. The van der Waals surface area contributed by atoms with Crippen LogP contribution in [0.2, 0.25) is 0 Å².